The van der Waals surface area contributed by atoms with E-state index in [1.807, 2.05) is 0 Å². The summed E-state index contributed by atoms with van der Waals surface area (Å²) in [4.78, 5) is 0. The van der Waals surface area contributed by atoms with Crippen molar-refractivity contribution in [1.82, 2.24) is 0 Å². The zero-order chi connectivity index (χ0) is 17.2. The van der Waals surface area contributed by atoms with Gasteiger partial charge in [0.05, 0.1) is 18.9 Å². The van der Waals surface area contributed by atoms with Crippen LogP contribution in [0.4, 0.5) is 0 Å². The van der Waals surface area contributed by atoms with Gasteiger partial charge in [-0.1, -0.05) is 103 Å². The molecule has 0 aliphatic heterocycles. The van der Waals surface area contributed by atoms with Gasteiger partial charge < -0.3 is 21.3 Å². The molecule has 0 radical (unpaired) electrons. The SMILES string of the molecule is CCCCCCCCCOP(=S)([S-])OCCCCCCCCC.[Cd]. The zero-order valence-electron chi connectivity index (χ0n) is 16.1. The molecule has 142 valence electrons. The Morgan fingerprint density at radius 3 is 1.25 bits per heavy atom. The Morgan fingerprint density at radius 2 is 0.917 bits per heavy atom. The van der Waals surface area contributed by atoms with E-state index in [-0.39, 0.29) is 27.3 Å². The van der Waals surface area contributed by atoms with Crippen molar-refractivity contribution < 1.29 is 36.3 Å². The molecule has 24 heavy (non-hydrogen) atoms. The molecule has 0 aliphatic rings. The summed E-state index contributed by atoms with van der Waals surface area (Å²) in [5.74, 6) is 0. The second kappa shape index (κ2) is 21.1. The van der Waals surface area contributed by atoms with Crippen LogP contribution in [0.1, 0.15) is 104 Å². The fourth-order valence-electron chi connectivity index (χ4n) is 2.51. The Balaban J connectivity index is 0. The van der Waals surface area contributed by atoms with Crippen molar-refractivity contribution in [3.63, 3.8) is 0 Å². The van der Waals surface area contributed by atoms with Crippen molar-refractivity contribution in [3.05, 3.63) is 0 Å². The van der Waals surface area contributed by atoms with Gasteiger partial charge in [0, 0.05) is 27.3 Å². The average molecular weight is 494 g/mol. The minimum atomic E-state index is -2.41. The van der Waals surface area contributed by atoms with Gasteiger partial charge in [0.1, 0.15) is 0 Å². The van der Waals surface area contributed by atoms with Crippen LogP contribution in [-0.4, -0.2) is 13.2 Å². The first-order valence-corrected chi connectivity index (χ1v) is 13.4. The molecule has 0 atom stereocenters. The molecule has 0 N–H and O–H groups in total. The first kappa shape index (κ1) is 28.1. The smallest absolute Gasteiger partial charge is 0.0563 e. The maximum absolute atomic E-state index is 5.64. The van der Waals surface area contributed by atoms with Crippen LogP contribution in [0.3, 0.4) is 0 Å². The Hall–Kier alpha value is 1.84. The van der Waals surface area contributed by atoms with E-state index in [1.54, 1.807) is 0 Å². The molecule has 0 unspecified atom stereocenters. The summed E-state index contributed by atoms with van der Waals surface area (Å²) in [5, 5.41) is 0. The van der Waals surface area contributed by atoms with E-state index in [0.29, 0.717) is 13.2 Å². The van der Waals surface area contributed by atoms with Crippen LogP contribution in [0.2, 0.25) is 0 Å². The van der Waals surface area contributed by atoms with Gasteiger partial charge >= 0.3 is 0 Å². The van der Waals surface area contributed by atoms with Gasteiger partial charge in [0.25, 0.3) is 0 Å². The molecule has 0 amide bonds. The molecule has 0 aliphatic carbocycles. The first-order valence-electron chi connectivity index (χ1n) is 9.72. The molecule has 0 aromatic rings. The number of hydrogen-bond donors (Lipinski definition) is 0. The molecule has 0 spiro atoms. The molecule has 0 aromatic heterocycles. The van der Waals surface area contributed by atoms with Gasteiger partial charge in [-0.15, -0.1) is 0 Å². The quantitative estimate of drug-likeness (QED) is 0.0863. The summed E-state index contributed by atoms with van der Waals surface area (Å²) in [7, 11) is 0. The zero-order valence-corrected chi connectivity index (χ0v) is 22.7. The predicted octanol–water partition coefficient (Wildman–Crippen LogP) is 7.29. The van der Waals surface area contributed by atoms with Crippen molar-refractivity contribution in [2.75, 3.05) is 13.2 Å². The second-order valence-electron chi connectivity index (χ2n) is 6.36. The molecule has 0 fully saturated rings. The number of hydrogen-bond acceptors (Lipinski definition) is 4. The molecule has 2 nitrogen and oxygen atoms in total. The van der Waals surface area contributed by atoms with Crippen LogP contribution in [0, 0.1) is 0 Å². The van der Waals surface area contributed by atoms with E-state index < -0.39 is 5.69 Å². The van der Waals surface area contributed by atoms with Crippen molar-refractivity contribution in [3.8, 4) is 0 Å². The molecule has 6 heteroatoms. The molecule has 0 rings (SSSR count). The van der Waals surface area contributed by atoms with Crippen LogP contribution in [0.25, 0.3) is 0 Å². The Labute approximate surface area is 182 Å². The number of unbranched alkanes of at least 4 members (excludes halogenated alkanes) is 12. The summed E-state index contributed by atoms with van der Waals surface area (Å²) < 4.78 is 11.3. The molecule has 0 aromatic carbocycles. The van der Waals surface area contributed by atoms with Crippen LogP contribution in [0.15, 0.2) is 0 Å². The van der Waals surface area contributed by atoms with Crippen molar-refractivity contribution in [2.45, 2.75) is 104 Å². The van der Waals surface area contributed by atoms with Gasteiger partial charge in [-0.05, 0) is 12.8 Å². The standard InChI is InChI=1S/C18H39O2PS2.Cd/c1-3-5-7-9-11-13-15-17-19-21(22,23)20-18-16-14-12-10-8-6-4-2;/h3-18H2,1-2H3,(H,22,23);/p-1. The van der Waals surface area contributed by atoms with Crippen molar-refractivity contribution >= 4 is 29.7 Å². The third-order valence-corrected chi connectivity index (χ3v) is 6.26. The van der Waals surface area contributed by atoms with Gasteiger partial charge in [0.2, 0.25) is 0 Å². The van der Waals surface area contributed by atoms with Crippen molar-refractivity contribution in [2.24, 2.45) is 0 Å². The van der Waals surface area contributed by atoms with Crippen molar-refractivity contribution in [1.29, 1.82) is 0 Å². The maximum Gasteiger partial charge on any atom is 0.0563 e. The molecule has 0 saturated heterocycles. The van der Waals surface area contributed by atoms with Gasteiger partial charge in [-0.3, -0.25) is 0 Å². The Kier molecular flexibility index (Phi) is 24.7. The molecular weight excluding hydrogens is 456 g/mol. The van der Waals surface area contributed by atoms with Gasteiger partial charge in [0.15, 0.2) is 0 Å². The summed E-state index contributed by atoms with van der Waals surface area (Å²) in [6, 6.07) is 0. The van der Waals surface area contributed by atoms with E-state index >= 15 is 0 Å². The Bertz CT molecular complexity index is 270. The third kappa shape index (κ3) is 21.9. The summed E-state index contributed by atoms with van der Waals surface area (Å²) in [6.45, 7) is 5.84. The average Bonchev–Trinajstić information content (AvgIpc) is 2.52. The van der Waals surface area contributed by atoms with E-state index in [2.05, 4.69) is 13.8 Å². The van der Waals surface area contributed by atoms with Gasteiger partial charge in [-0.2, -0.15) is 0 Å². The summed E-state index contributed by atoms with van der Waals surface area (Å²) >= 11 is 10.6. The van der Waals surface area contributed by atoms with Gasteiger partial charge in [-0.25, -0.2) is 0 Å². The van der Waals surface area contributed by atoms with E-state index in [1.165, 1.54) is 77.0 Å². The maximum atomic E-state index is 5.64. The largest absolute Gasteiger partial charge is 0.691 e. The van der Waals surface area contributed by atoms with Crippen LogP contribution in [0.5, 0.6) is 0 Å². The van der Waals surface area contributed by atoms with Crippen LogP contribution < -0.4 is 0 Å². The molecule has 0 bridgehead atoms. The Morgan fingerprint density at radius 1 is 0.625 bits per heavy atom. The second-order valence-corrected chi connectivity index (χ2v) is 11.3. The minimum Gasteiger partial charge on any atom is -0.691 e. The molecule has 0 saturated carbocycles. The van der Waals surface area contributed by atoms with Crippen LogP contribution in [-0.2, 0) is 60.4 Å². The topological polar surface area (TPSA) is 18.5 Å². The fourth-order valence-corrected chi connectivity index (χ4v) is 4.18. The summed E-state index contributed by atoms with van der Waals surface area (Å²) in [6.07, 6.45) is 17.8. The predicted molar refractivity (Wildman–Crippen MR) is 110 cm³/mol. The normalized spacial score (nSPS) is 11.5. The first-order chi connectivity index (χ1) is 11.1. The number of rotatable bonds is 18. The summed E-state index contributed by atoms with van der Waals surface area (Å²) in [5.41, 5.74) is -2.41. The molecular formula is C18H38CdO2PS2-. The third-order valence-electron chi connectivity index (χ3n) is 3.99. The molecule has 0 heterocycles. The van der Waals surface area contributed by atoms with E-state index in [0.717, 1.165) is 12.8 Å². The van der Waals surface area contributed by atoms with Crippen LogP contribution >= 0.6 is 5.69 Å². The monoisotopic (exact) mass is 495 g/mol. The van der Waals surface area contributed by atoms with E-state index in [4.69, 9.17) is 33.1 Å². The van der Waals surface area contributed by atoms with E-state index in [9.17, 15) is 0 Å². The fraction of sp³-hybridized carbons (Fsp3) is 1.00. The minimum absolute atomic E-state index is 0.